The Labute approximate surface area is 78.0 Å². The Bertz CT molecular complexity index is 182. The second-order valence-corrected chi connectivity index (χ2v) is 2.67. The van der Waals surface area contributed by atoms with Gasteiger partial charge in [-0.3, -0.25) is 14.4 Å². The third-order valence-electron chi connectivity index (χ3n) is 1.45. The van der Waals surface area contributed by atoms with Crippen LogP contribution in [0, 0.1) is 0 Å². The summed E-state index contributed by atoms with van der Waals surface area (Å²) < 4.78 is 0. The average Bonchev–Trinajstić information content (AvgIpc) is 2.09. The Morgan fingerprint density at radius 3 is 2.46 bits per heavy atom. The number of hydrogen-bond acceptors (Lipinski definition) is 4. The first-order chi connectivity index (χ1) is 6.11. The highest BCUT2D eigenvalue weighted by molar-refractivity contribution is 5.83. The van der Waals surface area contributed by atoms with Gasteiger partial charge in [-0.2, -0.15) is 0 Å². The molecule has 5 nitrogen and oxygen atoms in total. The molecule has 1 N–H and O–H groups in total. The average molecular weight is 188 g/mol. The van der Waals surface area contributed by atoms with E-state index >= 15 is 0 Å². The third kappa shape index (κ3) is 5.32. The van der Waals surface area contributed by atoms with Crippen LogP contribution in [0.3, 0.4) is 0 Å². The molecule has 0 aliphatic carbocycles. The van der Waals surface area contributed by atoms with Crippen LogP contribution in [-0.4, -0.2) is 44.0 Å². The van der Waals surface area contributed by atoms with E-state index in [-0.39, 0.29) is 18.2 Å². The molecule has 13 heavy (non-hydrogen) atoms. The maximum Gasteiger partial charge on any atom is 0.247 e. The Kier molecular flexibility index (Phi) is 6.09. The summed E-state index contributed by atoms with van der Waals surface area (Å²) in [5.41, 5.74) is 0. The van der Waals surface area contributed by atoms with Crippen LogP contribution in [-0.2, 0) is 14.4 Å². The third-order valence-corrected chi connectivity index (χ3v) is 1.45. The van der Waals surface area contributed by atoms with Crippen LogP contribution in [0.25, 0.3) is 0 Å². The molecule has 0 aromatic carbocycles. The van der Waals surface area contributed by atoms with Gasteiger partial charge in [0.1, 0.15) is 6.54 Å². The van der Waals surface area contributed by atoms with Crippen LogP contribution in [0.15, 0.2) is 0 Å². The molecular weight excluding hydrogens is 172 g/mol. The predicted molar refractivity (Wildman–Crippen MR) is 47.9 cm³/mol. The lowest BCUT2D eigenvalue weighted by Crippen LogP contribution is -2.35. The first kappa shape index (κ1) is 12.1. The van der Waals surface area contributed by atoms with E-state index in [2.05, 4.69) is 5.32 Å². The van der Waals surface area contributed by atoms with Crippen molar-refractivity contribution in [3.63, 3.8) is 0 Å². The number of nitrogens with one attached hydrogen (secondary N) is 1. The SMILES string of the molecule is CNCCC(=O)N(CC(C)=O)OC. The molecule has 0 aromatic heterocycles. The number of hydrogen-bond donors (Lipinski definition) is 1. The van der Waals surface area contributed by atoms with Gasteiger partial charge in [-0.15, -0.1) is 0 Å². The zero-order valence-electron chi connectivity index (χ0n) is 8.29. The second-order valence-electron chi connectivity index (χ2n) is 2.67. The Morgan fingerprint density at radius 1 is 1.46 bits per heavy atom. The fourth-order valence-electron chi connectivity index (χ4n) is 0.813. The summed E-state index contributed by atoms with van der Waals surface area (Å²) in [6.45, 7) is 2.01. The highest BCUT2D eigenvalue weighted by Gasteiger charge is 2.13. The smallest absolute Gasteiger partial charge is 0.247 e. The van der Waals surface area contributed by atoms with E-state index in [1.807, 2.05) is 0 Å². The minimum atomic E-state index is -0.188. The Morgan fingerprint density at radius 2 is 2.08 bits per heavy atom. The molecule has 0 spiro atoms. The molecule has 0 atom stereocenters. The molecule has 0 rings (SSSR count). The highest BCUT2D eigenvalue weighted by atomic mass is 16.7. The number of Topliss-reactive ketones (excluding diaryl/α,β-unsaturated/α-hetero) is 1. The fourth-order valence-corrected chi connectivity index (χ4v) is 0.813. The van der Waals surface area contributed by atoms with Gasteiger partial charge in [0, 0.05) is 13.0 Å². The van der Waals surface area contributed by atoms with Crippen molar-refractivity contribution in [2.75, 3.05) is 27.2 Å². The van der Waals surface area contributed by atoms with Gasteiger partial charge in [0.25, 0.3) is 0 Å². The fraction of sp³-hybridized carbons (Fsp3) is 0.750. The van der Waals surface area contributed by atoms with E-state index in [0.29, 0.717) is 13.0 Å². The minimum absolute atomic E-state index is 0.0129. The molecule has 0 aromatic rings. The number of amides is 1. The molecular formula is C8H16N2O3. The number of carbonyl (C=O) groups excluding carboxylic acids is 2. The van der Waals surface area contributed by atoms with Crippen LogP contribution in [0.4, 0.5) is 0 Å². The van der Waals surface area contributed by atoms with E-state index < -0.39 is 0 Å². The highest BCUT2D eigenvalue weighted by Crippen LogP contribution is 1.94. The van der Waals surface area contributed by atoms with Gasteiger partial charge in [-0.25, -0.2) is 5.06 Å². The first-order valence-electron chi connectivity index (χ1n) is 4.10. The van der Waals surface area contributed by atoms with Crippen LogP contribution in [0.2, 0.25) is 0 Å². The zero-order chi connectivity index (χ0) is 10.3. The lowest BCUT2D eigenvalue weighted by atomic mass is 10.3. The van der Waals surface area contributed by atoms with Crippen LogP contribution in [0.5, 0.6) is 0 Å². The van der Waals surface area contributed by atoms with E-state index in [1.54, 1.807) is 7.05 Å². The van der Waals surface area contributed by atoms with Crippen molar-refractivity contribution in [1.82, 2.24) is 10.4 Å². The number of carbonyl (C=O) groups is 2. The summed E-state index contributed by atoms with van der Waals surface area (Å²) >= 11 is 0. The second kappa shape index (κ2) is 6.56. The topological polar surface area (TPSA) is 58.6 Å². The molecule has 0 fully saturated rings. The van der Waals surface area contributed by atoms with Crippen molar-refractivity contribution in [3.05, 3.63) is 0 Å². The van der Waals surface area contributed by atoms with Crippen molar-refractivity contribution in [3.8, 4) is 0 Å². The van der Waals surface area contributed by atoms with E-state index in [4.69, 9.17) is 4.84 Å². The molecule has 0 aliphatic rings. The van der Waals surface area contributed by atoms with Crippen molar-refractivity contribution in [2.24, 2.45) is 0 Å². The van der Waals surface area contributed by atoms with Gasteiger partial charge in [-0.1, -0.05) is 0 Å². The summed E-state index contributed by atoms with van der Waals surface area (Å²) in [7, 11) is 3.13. The largest absolute Gasteiger partial charge is 0.319 e. The molecule has 76 valence electrons. The quantitative estimate of drug-likeness (QED) is 0.575. The van der Waals surface area contributed by atoms with Crippen LogP contribution in [0.1, 0.15) is 13.3 Å². The number of rotatable bonds is 6. The van der Waals surface area contributed by atoms with Gasteiger partial charge < -0.3 is 5.32 Å². The normalized spacial score (nSPS) is 9.77. The standard InChI is InChI=1S/C8H16N2O3/c1-7(11)6-10(13-3)8(12)4-5-9-2/h9H,4-6H2,1-3H3. The lowest BCUT2D eigenvalue weighted by Gasteiger charge is -2.17. The molecule has 0 saturated carbocycles. The van der Waals surface area contributed by atoms with Gasteiger partial charge in [0.2, 0.25) is 5.91 Å². The van der Waals surface area contributed by atoms with Crippen LogP contribution < -0.4 is 5.32 Å². The van der Waals surface area contributed by atoms with Crippen molar-refractivity contribution < 1.29 is 14.4 Å². The summed E-state index contributed by atoms with van der Waals surface area (Å²) in [6.07, 6.45) is 0.331. The van der Waals surface area contributed by atoms with E-state index in [9.17, 15) is 9.59 Å². The first-order valence-corrected chi connectivity index (χ1v) is 4.10. The summed E-state index contributed by atoms with van der Waals surface area (Å²) in [6, 6.07) is 0. The maximum absolute atomic E-state index is 11.3. The van der Waals surface area contributed by atoms with Gasteiger partial charge in [-0.05, 0) is 14.0 Å². The van der Waals surface area contributed by atoms with E-state index in [1.165, 1.54) is 14.0 Å². The number of ketones is 1. The van der Waals surface area contributed by atoms with Gasteiger partial charge in [0.05, 0.1) is 7.11 Å². The van der Waals surface area contributed by atoms with Crippen molar-refractivity contribution >= 4 is 11.7 Å². The molecule has 0 saturated heterocycles. The van der Waals surface area contributed by atoms with Crippen LogP contribution >= 0.6 is 0 Å². The molecule has 5 heteroatoms. The molecule has 0 unspecified atom stereocenters. The zero-order valence-corrected chi connectivity index (χ0v) is 8.29. The van der Waals surface area contributed by atoms with E-state index in [0.717, 1.165) is 5.06 Å². The van der Waals surface area contributed by atoms with Gasteiger partial charge in [0.15, 0.2) is 5.78 Å². The predicted octanol–water partition coefficient (Wildman–Crippen LogP) is -0.425. The number of nitrogens with zero attached hydrogens (tertiary/aromatic N) is 1. The summed E-state index contributed by atoms with van der Waals surface area (Å²) in [4.78, 5) is 26.7. The molecule has 0 radical (unpaired) electrons. The minimum Gasteiger partial charge on any atom is -0.319 e. The molecule has 0 heterocycles. The van der Waals surface area contributed by atoms with Crippen molar-refractivity contribution in [1.29, 1.82) is 0 Å². The summed E-state index contributed by atoms with van der Waals surface area (Å²) in [5, 5.41) is 3.91. The molecule has 0 bridgehead atoms. The van der Waals surface area contributed by atoms with Crippen molar-refractivity contribution in [2.45, 2.75) is 13.3 Å². The lowest BCUT2D eigenvalue weighted by molar-refractivity contribution is -0.177. The number of hydroxylamine groups is 2. The molecule has 1 amide bonds. The Hall–Kier alpha value is -0.940. The summed E-state index contributed by atoms with van der Waals surface area (Å²) in [5.74, 6) is -0.285. The van der Waals surface area contributed by atoms with Gasteiger partial charge >= 0.3 is 0 Å². The monoisotopic (exact) mass is 188 g/mol. The maximum atomic E-state index is 11.3. The Balaban J connectivity index is 3.92. The molecule has 0 aliphatic heterocycles.